The third-order valence-corrected chi connectivity index (χ3v) is 4.52. The Kier molecular flexibility index (Phi) is 2.88. The van der Waals surface area contributed by atoms with Crippen molar-refractivity contribution in [1.82, 2.24) is 0 Å². The molecule has 3 fully saturated rings. The molecule has 6 atom stereocenters. The normalized spacial score (nSPS) is 52.2. The standard InChI is InChI=1S/C13H20O5/c1-7-4-5-10-8(2)11(14)16-12-13(10,6-7)18-17-9(3)15-12/h7-10,12H,4-6H2,1-3H3/t7?,8?,9?,10-,12?,13+/m0/s1. The van der Waals surface area contributed by atoms with Crippen LogP contribution < -0.4 is 0 Å². The van der Waals surface area contributed by atoms with Gasteiger partial charge in [-0.3, -0.25) is 4.79 Å². The van der Waals surface area contributed by atoms with Crippen LogP contribution in [0.15, 0.2) is 0 Å². The molecule has 1 saturated carbocycles. The molecule has 0 bridgehead atoms. The first kappa shape index (κ1) is 12.4. The zero-order valence-corrected chi connectivity index (χ0v) is 11.0. The lowest BCUT2D eigenvalue weighted by atomic mass is 9.65. The van der Waals surface area contributed by atoms with Crippen LogP contribution in [-0.4, -0.2) is 24.2 Å². The van der Waals surface area contributed by atoms with E-state index < -0.39 is 18.2 Å². The Morgan fingerprint density at radius 3 is 2.78 bits per heavy atom. The number of ether oxygens (including phenoxy) is 2. The van der Waals surface area contributed by atoms with Crippen LogP contribution in [0.2, 0.25) is 0 Å². The molecule has 2 aliphatic heterocycles. The quantitative estimate of drug-likeness (QED) is 0.490. The first-order valence-corrected chi connectivity index (χ1v) is 6.73. The molecular weight excluding hydrogens is 236 g/mol. The van der Waals surface area contributed by atoms with Gasteiger partial charge in [0.15, 0.2) is 11.9 Å². The maximum atomic E-state index is 11.9. The van der Waals surface area contributed by atoms with Crippen molar-refractivity contribution in [2.45, 2.75) is 58.2 Å². The second-order valence-electron chi connectivity index (χ2n) is 5.89. The predicted molar refractivity (Wildman–Crippen MR) is 61.0 cm³/mol. The molecule has 0 aromatic heterocycles. The molecule has 0 radical (unpaired) electrons. The summed E-state index contributed by atoms with van der Waals surface area (Å²) in [5, 5.41) is 0. The largest absolute Gasteiger partial charge is 0.432 e. The molecule has 0 aromatic rings. The van der Waals surface area contributed by atoms with Crippen molar-refractivity contribution in [2.24, 2.45) is 17.8 Å². The molecule has 3 rings (SSSR count). The number of carbonyl (C=O) groups excluding carboxylic acids is 1. The molecule has 2 saturated heterocycles. The Balaban J connectivity index is 1.94. The maximum absolute atomic E-state index is 11.9. The number of esters is 1. The maximum Gasteiger partial charge on any atom is 0.311 e. The van der Waals surface area contributed by atoms with Crippen molar-refractivity contribution < 1.29 is 24.0 Å². The van der Waals surface area contributed by atoms with Crippen molar-refractivity contribution in [1.29, 1.82) is 0 Å². The van der Waals surface area contributed by atoms with Crippen LogP contribution >= 0.6 is 0 Å². The van der Waals surface area contributed by atoms with E-state index in [2.05, 4.69) is 6.92 Å². The third kappa shape index (κ3) is 1.68. The topological polar surface area (TPSA) is 54.0 Å². The summed E-state index contributed by atoms with van der Waals surface area (Å²) in [5.74, 6) is 0.294. The Bertz CT molecular complexity index is 357. The fourth-order valence-corrected chi connectivity index (χ4v) is 3.56. The van der Waals surface area contributed by atoms with E-state index in [9.17, 15) is 4.79 Å². The Hall–Kier alpha value is -0.650. The summed E-state index contributed by atoms with van der Waals surface area (Å²) in [7, 11) is 0. The van der Waals surface area contributed by atoms with Crippen LogP contribution in [0, 0.1) is 17.8 Å². The monoisotopic (exact) mass is 256 g/mol. The average molecular weight is 256 g/mol. The molecule has 0 amide bonds. The minimum Gasteiger partial charge on any atom is -0.432 e. The fourth-order valence-electron chi connectivity index (χ4n) is 3.56. The van der Waals surface area contributed by atoms with E-state index in [-0.39, 0.29) is 17.8 Å². The van der Waals surface area contributed by atoms with Crippen molar-refractivity contribution in [3.63, 3.8) is 0 Å². The molecule has 18 heavy (non-hydrogen) atoms. The average Bonchev–Trinajstić information content (AvgIpc) is 2.32. The number of rotatable bonds is 0. The van der Waals surface area contributed by atoms with E-state index in [1.807, 2.05) is 6.92 Å². The first-order chi connectivity index (χ1) is 8.53. The highest BCUT2D eigenvalue weighted by Gasteiger charge is 2.62. The van der Waals surface area contributed by atoms with E-state index in [4.69, 9.17) is 19.2 Å². The van der Waals surface area contributed by atoms with Gasteiger partial charge in [0.2, 0.25) is 6.29 Å². The summed E-state index contributed by atoms with van der Waals surface area (Å²) in [4.78, 5) is 22.8. The predicted octanol–water partition coefficient (Wildman–Crippen LogP) is 2.00. The van der Waals surface area contributed by atoms with E-state index in [1.54, 1.807) is 6.92 Å². The van der Waals surface area contributed by atoms with Crippen LogP contribution in [0.25, 0.3) is 0 Å². The Labute approximate surface area is 107 Å². The van der Waals surface area contributed by atoms with Gasteiger partial charge in [-0.1, -0.05) is 20.3 Å². The molecule has 0 N–H and O–H groups in total. The molecular formula is C13H20O5. The molecule has 1 spiro atoms. The highest BCUT2D eigenvalue weighted by atomic mass is 17.2. The molecule has 2 heterocycles. The van der Waals surface area contributed by atoms with E-state index >= 15 is 0 Å². The van der Waals surface area contributed by atoms with Gasteiger partial charge in [-0.2, -0.15) is 0 Å². The van der Waals surface area contributed by atoms with Crippen LogP contribution in [0.3, 0.4) is 0 Å². The second-order valence-corrected chi connectivity index (χ2v) is 5.89. The van der Waals surface area contributed by atoms with Crippen LogP contribution in [-0.2, 0) is 24.0 Å². The fraction of sp³-hybridized carbons (Fsp3) is 0.923. The molecule has 3 aliphatic rings. The lowest BCUT2D eigenvalue weighted by molar-refractivity contribution is -0.528. The van der Waals surface area contributed by atoms with E-state index in [1.165, 1.54) is 0 Å². The van der Waals surface area contributed by atoms with Crippen LogP contribution in [0.5, 0.6) is 0 Å². The summed E-state index contributed by atoms with van der Waals surface area (Å²) in [6, 6.07) is 0. The zero-order chi connectivity index (χ0) is 12.9. The molecule has 5 heteroatoms. The Morgan fingerprint density at radius 1 is 1.22 bits per heavy atom. The summed E-state index contributed by atoms with van der Waals surface area (Å²) in [6.07, 6.45) is 1.75. The summed E-state index contributed by atoms with van der Waals surface area (Å²) >= 11 is 0. The van der Waals surface area contributed by atoms with E-state index in [0.717, 1.165) is 19.3 Å². The van der Waals surface area contributed by atoms with Crippen molar-refractivity contribution in [2.75, 3.05) is 0 Å². The minimum atomic E-state index is -0.627. The van der Waals surface area contributed by atoms with Gasteiger partial charge < -0.3 is 9.47 Å². The number of hydrogen-bond acceptors (Lipinski definition) is 5. The first-order valence-electron chi connectivity index (χ1n) is 6.73. The highest BCUT2D eigenvalue weighted by molar-refractivity contribution is 5.74. The molecule has 102 valence electrons. The summed E-state index contributed by atoms with van der Waals surface area (Å²) in [6.45, 7) is 5.83. The van der Waals surface area contributed by atoms with Gasteiger partial charge >= 0.3 is 5.97 Å². The number of carbonyl (C=O) groups is 1. The Morgan fingerprint density at radius 2 is 2.00 bits per heavy atom. The molecule has 0 aromatic carbocycles. The SMILES string of the molecule is CC1CC[C@H]2C(C)C(=O)OC3OC(C)OO[C@@]32C1. The van der Waals surface area contributed by atoms with Gasteiger partial charge in [-0.15, -0.1) is 0 Å². The molecule has 4 unspecified atom stereocenters. The van der Waals surface area contributed by atoms with Gasteiger partial charge in [-0.05, 0) is 25.7 Å². The lowest BCUT2D eigenvalue weighted by Crippen LogP contribution is -2.66. The van der Waals surface area contributed by atoms with Crippen molar-refractivity contribution >= 4 is 5.97 Å². The molecule has 1 aliphatic carbocycles. The van der Waals surface area contributed by atoms with Crippen LogP contribution in [0.4, 0.5) is 0 Å². The van der Waals surface area contributed by atoms with Crippen molar-refractivity contribution in [3.8, 4) is 0 Å². The minimum absolute atomic E-state index is 0.118. The van der Waals surface area contributed by atoms with E-state index in [0.29, 0.717) is 5.92 Å². The summed E-state index contributed by atoms with van der Waals surface area (Å²) in [5.41, 5.74) is -0.614. The van der Waals surface area contributed by atoms with Gasteiger partial charge in [0.1, 0.15) is 0 Å². The highest BCUT2D eigenvalue weighted by Crippen LogP contribution is 2.51. The van der Waals surface area contributed by atoms with Crippen LogP contribution in [0.1, 0.15) is 40.0 Å². The van der Waals surface area contributed by atoms with Crippen molar-refractivity contribution in [3.05, 3.63) is 0 Å². The molecule has 5 nitrogen and oxygen atoms in total. The van der Waals surface area contributed by atoms with Gasteiger partial charge in [0, 0.05) is 5.92 Å². The summed E-state index contributed by atoms with van der Waals surface area (Å²) < 4.78 is 11.0. The van der Waals surface area contributed by atoms with Gasteiger partial charge in [-0.25, -0.2) is 9.78 Å². The smallest absolute Gasteiger partial charge is 0.311 e. The lowest BCUT2D eigenvalue weighted by Gasteiger charge is -2.54. The van der Waals surface area contributed by atoms with Gasteiger partial charge in [0.05, 0.1) is 5.92 Å². The van der Waals surface area contributed by atoms with Gasteiger partial charge in [0.25, 0.3) is 0 Å². The second kappa shape index (κ2) is 4.18. The zero-order valence-electron chi connectivity index (χ0n) is 11.0. The third-order valence-electron chi connectivity index (χ3n) is 4.52. The number of hydrogen-bond donors (Lipinski definition) is 0.